The Morgan fingerprint density at radius 2 is 2.00 bits per heavy atom. The lowest BCUT2D eigenvalue weighted by atomic mass is 10.3. The number of rotatable bonds is 4. The highest BCUT2D eigenvalue weighted by Crippen LogP contribution is 2.10. The monoisotopic (exact) mass is 242 g/mol. The molecule has 0 saturated heterocycles. The first-order chi connectivity index (χ1) is 7.49. The predicted molar refractivity (Wildman–Crippen MR) is 56.4 cm³/mol. The van der Waals surface area contributed by atoms with Crippen LogP contribution in [0.1, 0.15) is 13.3 Å². The van der Waals surface area contributed by atoms with E-state index in [2.05, 4.69) is 4.72 Å². The first-order valence-electron chi connectivity index (χ1n) is 4.67. The van der Waals surface area contributed by atoms with Gasteiger partial charge in [0.1, 0.15) is 11.9 Å². The largest absolute Gasteiger partial charge is 0.241 e. The minimum atomic E-state index is -3.74. The van der Waals surface area contributed by atoms with E-state index in [1.54, 1.807) is 6.92 Å². The van der Waals surface area contributed by atoms with Crippen LogP contribution in [0, 0.1) is 17.1 Å². The van der Waals surface area contributed by atoms with Gasteiger partial charge in [-0.3, -0.25) is 0 Å². The van der Waals surface area contributed by atoms with E-state index in [9.17, 15) is 12.8 Å². The van der Waals surface area contributed by atoms with Gasteiger partial charge < -0.3 is 0 Å². The average Bonchev–Trinajstić information content (AvgIpc) is 2.26. The second kappa shape index (κ2) is 5.05. The smallest absolute Gasteiger partial charge is 0.207 e. The maximum atomic E-state index is 12.6. The number of hydrogen-bond donors (Lipinski definition) is 1. The van der Waals surface area contributed by atoms with Gasteiger partial charge in [0.25, 0.3) is 0 Å². The average molecular weight is 242 g/mol. The van der Waals surface area contributed by atoms with Gasteiger partial charge in [0.2, 0.25) is 10.0 Å². The molecule has 0 heterocycles. The first kappa shape index (κ1) is 12.6. The topological polar surface area (TPSA) is 70.0 Å². The molecule has 0 aliphatic carbocycles. The Labute approximate surface area is 93.8 Å². The summed E-state index contributed by atoms with van der Waals surface area (Å²) in [7, 11) is -3.74. The lowest BCUT2D eigenvalue weighted by Crippen LogP contribution is -2.33. The molecule has 1 rings (SSSR count). The molecular weight excluding hydrogens is 231 g/mol. The number of sulfonamides is 1. The fourth-order valence-electron chi connectivity index (χ4n) is 1.07. The minimum absolute atomic E-state index is 0.0531. The quantitative estimate of drug-likeness (QED) is 0.867. The molecule has 4 nitrogen and oxygen atoms in total. The predicted octanol–water partition coefficient (Wildman–Crippen LogP) is 1.41. The first-order valence-corrected chi connectivity index (χ1v) is 6.15. The van der Waals surface area contributed by atoms with Crippen LogP contribution in [0.5, 0.6) is 0 Å². The molecule has 1 unspecified atom stereocenters. The van der Waals surface area contributed by atoms with Crippen LogP contribution < -0.4 is 4.72 Å². The zero-order valence-electron chi connectivity index (χ0n) is 8.64. The molecular formula is C10H11FN2O2S. The summed E-state index contributed by atoms with van der Waals surface area (Å²) in [6.45, 7) is 1.70. The van der Waals surface area contributed by atoms with E-state index in [-0.39, 0.29) is 4.90 Å². The fraction of sp³-hybridized carbons (Fsp3) is 0.300. The molecule has 6 heteroatoms. The summed E-state index contributed by atoms with van der Waals surface area (Å²) in [5.74, 6) is -0.508. The van der Waals surface area contributed by atoms with Crippen molar-refractivity contribution in [1.82, 2.24) is 4.72 Å². The molecule has 1 N–H and O–H groups in total. The Morgan fingerprint density at radius 3 is 2.44 bits per heavy atom. The van der Waals surface area contributed by atoms with Crippen LogP contribution in [0.3, 0.4) is 0 Å². The van der Waals surface area contributed by atoms with Crippen molar-refractivity contribution in [3.8, 4) is 6.07 Å². The number of nitriles is 1. The van der Waals surface area contributed by atoms with Crippen molar-refractivity contribution >= 4 is 10.0 Å². The molecule has 0 spiro atoms. The molecule has 1 aromatic carbocycles. The van der Waals surface area contributed by atoms with Gasteiger partial charge in [0, 0.05) is 0 Å². The van der Waals surface area contributed by atoms with Crippen molar-refractivity contribution in [2.75, 3.05) is 0 Å². The van der Waals surface area contributed by atoms with Gasteiger partial charge >= 0.3 is 0 Å². The number of hydrogen-bond acceptors (Lipinski definition) is 3. The second-order valence-corrected chi connectivity index (χ2v) is 4.88. The second-order valence-electron chi connectivity index (χ2n) is 3.17. The van der Waals surface area contributed by atoms with Gasteiger partial charge in [-0.25, -0.2) is 12.8 Å². The van der Waals surface area contributed by atoms with Crippen LogP contribution in [0.25, 0.3) is 0 Å². The van der Waals surface area contributed by atoms with Crippen LogP contribution in [-0.4, -0.2) is 14.5 Å². The summed E-state index contributed by atoms with van der Waals surface area (Å²) in [5, 5.41) is 8.64. The summed E-state index contributed by atoms with van der Waals surface area (Å²) in [4.78, 5) is -0.0531. The van der Waals surface area contributed by atoms with Crippen molar-refractivity contribution < 1.29 is 12.8 Å². The molecule has 0 aromatic heterocycles. The van der Waals surface area contributed by atoms with Crippen LogP contribution in [0.15, 0.2) is 29.2 Å². The molecule has 0 bridgehead atoms. The zero-order chi connectivity index (χ0) is 12.2. The Bertz CT molecular complexity index is 491. The van der Waals surface area contributed by atoms with Gasteiger partial charge in [0.15, 0.2) is 0 Å². The molecule has 0 aliphatic rings. The zero-order valence-corrected chi connectivity index (χ0v) is 9.46. The van der Waals surface area contributed by atoms with Crippen LogP contribution in [0.4, 0.5) is 4.39 Å². The van der Waals surface area contributed by atoms with E-state index in [4.69, 9.17) is 5.26 Å². The van der Waals surface area contributed by atoms with E-state index in [1.165, 1.54) is 0 Å². The van der Waals surface area contributed by atoms with E-state index in [1.807, 2.05) is 6.07 Å². The SMILES string of the molecule is CCC(C#N)NS(=O)(=O)c1ccc(F)cc1. The highest BCUT2D eigenvalue weighted by atomic mass is 32.2. The maximum Gasteiger partial charge on any atom is 0.241 e. The summed E-state index contributed by atoms with van der Waals surface area (Å²) >= 11 is 0. The molecule has 16 heavy (non-hydrogen) atoms. The number of nitrogens with zero attached hydrogens (tertiary/aromatic N) is 1. The molecule has 0 aliphatic heterocycles. The van der Waals surface area contributed by atoms with E-state index in [0.29, 0.717) is 6.42 Å². The van der Waals surface area contributed by atoms with Crippen molar-refractivity contribution in [2.24, 2.45) is 0 Å². The Hall–Kier alpha value is -1.45. The van der Waals surface area contributed by atoms with Gasteiger partial charge in [-0.15, -0.1) is 0 Å². The van der Waals surface area contributed by atoms with Crippen molar-refractivity contribution in [2.45, 2.75) is 24.3 Å². The Morgan fingerprint density at radius 1 is 1.44 bits per heavy atom. The Balaban J connectivity index is 2.95. The van der Waals surface area contributed by atoms with Gasteiger partial charge in [-0.05, 0) is 30.7 Å². The van der Waals surface area contributed by atoms with Crippen LogP contribution in [-0.2, 0) is 10.0 Å². The van der Waals surface area contributed by atoms with E-state index in [0.717, 1.165) is 24.3 Å². The van der Waals surface area contributed by atoms with Gasteiger partial charge in [-0.2, -0.15) is 9.98 Å². The van der Waals surface area contributed by atoms with Gasteiger partial charge in [-0.1, -0.05) is 6.92 Å². The number of halogens is 1. The van der Waals surface area contributed by atoms with Crippen molar-refractivity contribution in [1.29, 1.82) is 5.26 Å². The third-order valence-electron chi connectivity index (χ3n) is 1.99. The van der Waals surface area contributed by atoms with E-state index < -0.39 is 21.9 Å². The Kier molecular flexibility index (Phi) is 3.99. The number of nitrogens with one attached hydrogen (secondary N) is 1. The summed E-state index contributed by atoms with van der Waals surface area (Å²) in [6.07, 6.45) is 0.372. The third kappa shape index (κ3) is 3.02. The van der Waals surface area contributed by atoms with Crippen LogP contribution in [0.2, 0.25) is 0 Å². The molecule has 86 valence electrons. The molecule has 0 saturated carbocycles. The lowest BCUT2D eigenvalue weighted by Gasteiger charge is -2.09. The summed E-state index contributed by atoms with van der Waals surface area (Å²) in [5.41, 5.74) is 0. The molecule has 1 aromatic rings. The molecule has 0 amide bonds. The molecule has 0 radical (unpaired) electrons. The highest BCUT2D eigenvalue weighted by Gasteiger charge is 2.18. The fourth-order valence-corrected chi connectivity index (χ4v) is 2.29. The maximum absolute atomic E-state index is 12.6. The standard InChI is InChI=1S/C10H11FN2O2S/c1-2-9(7-12)13-16(14,15)10-5-3-8(11)4-6-10/h3-6,9,13H,2H2,1H3. The van der Waals surface area contributed by atoms with Crippen molar-refractivity contribution in [3.05, 3.63) is 30.1 Å². The van der Waals surface area contributed by atoms with Gasteiger partial charge in [0.05, 0.1) is 11.0 Å². The summed E-state index contributed by atoms with van der Waals surface area (Å²) < 4.78 is 38.2. The summed E-state index contributed by atoms with van der Waals surface area (Å²) in [6, 6.07) is 5.48. The third-order valence-corrected chi connectivity index (χ3v) is 3.47. The van der Waals surface area contributed by atoms with E-state index >= 15 is 0 Å². The highest BCUT2D eigenvalue weighted by molar-refractivity contribution is 7.89. The molecule has 0 fully saturated rings. The molecule has 1 atom stereocenters. The minimum Gasteiger partial charge on any atom is -0.207 e. The normalized spacial score (nSPS) is 13.1. The van der Waals surface area contributed by atoms with Crippen LogP contribution >= 0.6 is 0 Å². The number of benzene rings is 1. The lowest BCUT2D eigenvalue weighted by molar-refractivity contribution is 0.569. The van der Waals surface area contributed by atoms with Crippen molar-refractivity contribution in [3.63, 3.8) is 0 Å².